The topological polar surface area (TPSA) is 100 Å². The molecular formula is C18H24N4O3S. The first-order valence-corrected chi connectivity index (χ1v) is 10.2. The fourth-order valence-electron chi connectivity index (χ4n) is 2.58. The van der Waals surface area contributed by atoms with Gasteiger partial charge in [-0.3, -0.25) is 9.71 Å². The smallest absolute Gasteiger partial charge is 0.319 e. The minimum Gasteiger partial charge on any atom is -0.329 e. The third kappa shape index (κ3) is 5.45. The Hall–Kier alpha value is -2.61. The summed E-state index contributed by atoms with van der Waals surface area (Å²) in [6, 6.07) is 8.19. The maximum atomic E-state index is 12.4. The monoisotopic (exact) mass is 376 g/mol. The number of nitrogens with zero attached hydrogens (tertiary/aromatic N) is 1. The number of sulfonamides is 1. The van der Waals surface area contributed by atoms with Crippen molar-refractivity contribution < 1.29 is 13.2 Å². The number of hydrogen-bond donors (Lipinski definition) is 3. The zero-order valence-electron chi connectivity index (χ0n) is 15.3. The first-order valence-electron chi connectivity index (χ1n) is 8.27. The van der Waals surface area contributed by atoms with Crippen LogP contribution < -0.4 is 15.4 Å². The molecule has 0 aliphatic heterocycles. The molecule has 0 aliphatic rings. The minimum absolute atomic E-state index is 0.214. The summed E-state index contributed by atoms with van der Waals surface area (Å²) >= 11 is 0. The molecule has 0 saturated heterocycles. The van der Waals surface area contributed by atoms with Gasteiger partial charge in [-0.2, -0.15) is 0 Å². The van der Waals surface area contributed by atoms with Crippen molar-refractivity contribution in [2.45, 2.75) is 33.2 Å². The first kappa shape index (κ1) is 19.7. The highest BCUT2D eigenvalue weighted by molar-refractivity contribution is 7.92. The Bertz CT molecular complexity index is 897. The number of urea groups is 1. The number of rotatable bonds is 6. The molecule has 7 nitrogen and oxygen atoms in total. The van der Waals surface area contributed by atoms with Gasteiger partial charge >= 0.3 is 6.03 Å². The summed E-state index contributed by atoms with van der Waals surface area (Å²) in [7, 11) is -3.39. The van der Waals surface area contributed by atoms with E-state index in [0.717, 1.165) is 23.1 Å². The number of carbonyl (C=O) groups excluding carboxylic acids is 1. The van der Waals surface area contributed by atoms with Crippen molar-refractivity contribution in [3.63, 3.8) is 0 Å². The molecule has 1 aromatic heterocycles. The van der Waals surface area contributed by atoms with Crippen LogP contribution in [-0.4, -0.2) is 25.7 Å². The van der Waals surface area contributed by atoms with Crippen molar-refractivity contribution in [2.24, 2.45) is 0 Å². The maximum absolute atomic E-state index is 12.4. The van der Waals surface area contributed by atoms with E-state index in [1.54, 1.807) is 24.4 Å². The first-order chi connectivity index (χ1) is 12.2. The molecule has 0 bridgehead atoms. The number of carbonyl (C=O) groups is 1. The fourth-order valence-corrected chi connectivity index (χ4v) is 3.13. The number of nitrogens with one attached hydrogen (secondary N) is 3. The molecule has 140 valence electrons. The van der Waals surface area contributed by atoms with Crippen molar-refractivity contribution in [3.05, 3.63) is 53.3 Å². The zero-order valence-corrected chi connectivity index (χ0v) is 16.1. The Kier molecular flexibility index (Phi) is 6.20. The molecule has 0 unspecified atom stereocenters. The number of aryl methyl sites for hydroxylation is 2. The predicted molar refractivity (Wildman–Crippen MR) is 104 cm³/mol. The van der Waals surface area contributed by atoms with E-state index in [1.807, 2.05) is 32.9 Å². The molecule has 0 radical (unpaired) electrons. The van der Waals surface area contributed by atoms with E-state index in [4.69, 9.17) is 0 Å². The fraction of sp³-hybridized carbons (Fsp3) is 0.333. The molecular weight excluding hydrogens is 352 g/mol. The Balaban J connectivity index is 2.14. The second-order valence-corrected chi connectivity index (χ2v) is 7.92. The lowest BCUT2D eigenvalue weighted by molar-refractivity contribution is 0.248. The molecule has 1 heterocycles. The van der Waals surface area contributed by atoms with Crippen molar-refractivity contribution in [2.75, 3.05) is 16.3 Å². The normalized spacial score (nSPS) is 12.3. The molecule has 26 heavy (non-hydrogen) atoms. The largest absolute Gasteiger partial charge is 0.329 e. The van der Waals surface area contributed by atoms with Gasteiger partial charge in [0.25, 0.3) is 0 Å². The summed E-state index contributed by atoms with van der Waals surface area (Å²) in [6.45, 7) is 5.76. The van der Waals surface area contributed by atoms with Gasteiger partial charge in [0.2, 0.25) is 10.0 Å². The number of anilines is 2. The summed E-state index contributed by atoms with van der Waals surface area (Å²) in [5.74, 6) is 0. The van der Waals surface area contributed by atoms with Gasteiger partial charge in [-0.1, -0.05) is 19.1 Å². The molecule has 1 atom stereocenters. The van der Waals surface area contributed by atoms with Crippen molar-refractivity contribution in [3.8, 4) is 0 Å². The lowest BCUT2D eigenvalue weighted by Gasteiger charge is -2.19. The summed E-state index contributed by atoms with van der Waals surface area (Å²) in [5, 5.41) is 5.69. The highest BCUT2D eigenvalue weighted by Gasteiger charge is 2.16. The van der Waals surface area contributed by atoms with Crippen LogP contribution in [0.25, 0.3) is 0 Å². The van der Waals surface area contributed by atoms with E-state index in [2.05, 4.69) is 20.3 Å². The highest BCUT2D eigenvalue weighted by atomic mass is 32.2. The van der Waals surface area contributed by atoms with E-state index in [0.29, 0.717) is 17.8 Å². The zero-order chi connectivity index (χ0) is 19.3. The van der Waals surface area contributed by atoms with E-state index in [1.165, 1.54) is 0 Å². The average molecular weight is 376 g/mol. The SMILES string of the molecule is CC[C@@H](NC(=O)Nc1cc(NS(C)(=O)=O)ccc1C)c1ncccc1C. The number of amides is 2. The molecule has 2 aromatic rings. The summed E-state index contributed by atoms with van der Waals surface area (Å²) in [5.41, 5.74) is 3.58. The Labute approximate surface area is 154 Å². The van der Waals surface area contributed by atoms with Crippen molar-refractivity contribution in [1.29, 1.82) is 0 Å². The maximum Gasteiger partial charge on any atom is 0.319 e. The standard InChI is InChI=1S/C18H24N4O3S/c1-5-15(17-13(3)7-6-10-19-17)20-18(23)21-16-11-14(9-8-12(16)2)22-26(4,24)25/h6-11,15,22H,5H2,1-4H3,(H2,20,21,23)/t15-/m1/s1. The van der Waals surface area contributed by atoms with Gasteiger partial charge in [0, 0.05) is 11.9 Å². The Morgan fingerprint density at radius 2 is 1.92 bits per heavy atom. The second-order valence-electron chi connectivity index (χ2n) is 6.17. The Morgan fingerprint density at radius 3 is 2.54 bits per heavy atom. The summed E-state index contributed by atoms with van der Waals surface area (Å²) < 4.78 is 25.1. The predicted octanol–water partition coefficient (Wildman–Crippen LogP) is 3.34. The van der Waals surface area contributed by atoms with Gasteiger partial charge < -0.3 is 10.6 Å². The van der Waals surface area contributed by atoms with Crippen LogP contribution in [0.1, 0.15) is 36.2 Å². The minimum atomic E-state index is -3.39. The van der Waals surface area contributed by atoms with Gasteiger partial charge in [-0.15, -0.1) is 0 Å². The van der Waals surface area contributed by atoms with Crippen LogP contribution in [0.4, 0.5) is 16.2 Å². The number of hydrogen-bond acceptors (Lipinski definition) is 4. The number of pyridine rings is 1. The van der Waals surface area contributed by atoms with E-state index >= 15 is 0 Å². The van der Waals surface area contributed by atoms with Crippen LogP contribution in [-0.2, 0) is 10.0 Å². The van der Waals surface area contributed by atoms with Gasteiger partial charge in [-0.05, 0) is 49.6 Å². The number of benzene rings is 1. The van der Waals surface area contributed by atoms with Crippen LogP contribution in [0.2, 0.25) is 0 Å². The van der Waals surface area contributed by atoms with Crippen LogP contribution in [0, 0.1) is 13.8 Å². The summed E-state index contributed by atoms with van der Waals surface area (Å²) in [4.78, 5) is 16.8. The lowest BCUT2D eigenvalue weighted by atomic mass is 10.1. The molecule has 2 amide bonds. The average Bonchev–Trinajstić information content (AvgIpc) is 2.55. The molecule has 0 spiro atoms. The van der Waals surface area contributed by atoms with Gasteiger partial charge in [-0.25, -0.2) is 13.2 Å². The lowest BCUT2D eigenvalue weighted by Crippen LogP contribution is -2.33. The highest BCUT2D eigenvalue weighted by Crippen LogP contribution is 2.22. The summed E-state index contributed by atoms with van der Waals surface area (Å²) in [6.07, 6.45) is 3.47. The molecule has 3 N–H and O–H groups in total. The molecule has 8 heteroatoms. The van der Waals surface area contributed by atoms with Crippen LogP contribution in [0.15, 0.2) is 36.5 Å². The van der Waals surface area contributed by atoms with Gasteiger partial charge in [0.15, 0.2) is 0 Å². The Morgan fingerprint density at radius 1 is 1.19 bits per heavy atom. The van der Waals surface area contributed by atoms with Crippen molar-refractivity contribution in [1.82, 2.24) is 10.3 Å². The molecule has 1 aromatic carbocycles. The van der Waals surface area contributed by atoms with Crippen LogP contribution >= 0.6 is 0 Å². The van der Waals surface area contributed by atoms with E-state index < -0.39 is 10.0 Å². The van der Waals surface area contributed by atoms with Gasteiger partial charge in [0.1, 0.15) is 0 Å². The second kappa shape index (κ2) is 8.18. The molecule has 0 aliphatic carbocycles. The van der Waals surface area contributed by atoms with Gasteiger partial charge in [0.05, 0.1) is 23.7 Å². The molecule has 0 saturated carbocycles. The number of aromatic nitrogens is 1. The van der Waals surface area contributed by atoms with Crippen LogP contribution in [0.5, 0.6) is 0 Å². The third-order valence-corrected chi connectivity index (χ3v) is 4.49. The van der Waals surface area contributed by atoms with Crippen LogP contribution in [0.3, 0.4) is 0 Å². The van der Waals surface area contributed by atoms with Crippen molar-refractivity contribution >= 4 is 27.4 Å². The molecule has 2 rings (SSSR count). The quantitative estimate of drug-likeness (QED) is 0.720. The third-order valence-electron chi connectivity index (χ3n) is 3.88. The molecule has 0 fully saturated rings. The van der Waals surface area contributed by atoms with E-state index in [9.17, 15) is 13.2 Å². The van der Waals surface area contributed by atoms with E-state index in [-0.39, 0.29) is 12.1 Å².